The van der Waals surface area contributed by atoms with E-state index in [4.69, 9.17) is 0 Å². The summed E-state index contributed by atoms with van der Waals surface area (Å²) in [4.78, 5) is 0. The average Bonchev–Trinajstić information content (AvgIpc) is 2.84. The summed E-state index contributed by atoms with van der Waals surface area (Å²) in [5, 5.41) is 0. The molecule has 0 aliphatic heterocycles. The number of halogens is 1. The van der Waals surface area contributed by atoms with Crippen LogP contribution in [0, 0.1) is 28.6 Å². The molecular weight excluding hydrogens is 271 g/mol. The largest absolute Gasteiger partial charge is 0.242 e. The normalized spacial score (nSPS) is 53.5. The maximum Gasteiger partial charge on any atom is 0.126 e. The molecule has 0 unspecified atom stereocenters. The predicted molar refractivity (Wildman–Crippen MR) is 90.4 cm³/mol. The van der Waals surface area contributed by atoms with E-state index in [1.165, 1.54) is 24.8 Å². The summed E-state index contributed by atoms with van der Waals surface area (Å²) in [7, 11) is 0. The molecule has 22 heavy (non-hydrogen) atoms. The van der Waals surface area contributed by atoms with Crippen LogP contribution in [0.3, 0.4) is 0 Å². The molecule has 0 spiro atoms. The van der Waals surface area contributed by atoms with Gasteiger partial charge in [0, 0.05) is 5.41 Å². The standard InChI is InChI=1S/C21H31F/c1-4-15-8-10-17-18-11-9-16-7-5-6-12-20(16,3)21(18,22)14-13-19(15,17)2/h6-7,12,15,17-18H,4-5,8-11,13-14H2,1-3H3/t15-,17-,18-,19+,20-,21+/m0/s1. The summed E-state index contributed by atoms with van der Waals surface area (Å²) < 4.78 is 16.5. The molecule has 3 fully saturated rings. The number of fused-ring (bicyclic) bond motifs is 5. The summed E-state index contributed by atoms with van der Waals surface area (Å²) >= 11 is 0. The minimum atomic E-state index is -0.999. The highest BCUT2D eigenvalue weighted by Gasteiger charge is 2.65. The first-order valence-corrected chi connectivity index (χ1v) is 9.52. The Balaban J connectivity index is 1.74. The van der Waals surface area contributed by atoms with Crippen molar-refractivity contribution in [2.24, 2.45) is 28.6 Å². The van der Waals surface area contributed by atoms with Gasteiger partial charge in [-0.2, -0.15) is 0 Å². The lowest BCUT2D eigenvalue weighted by atomic mass is 9.46. The number of alkyl halides is 1. The van der Waals surface area contributed by atoms with Gasteiger partial charge in [0.2, 0.25) is 0 Å². The van der Waals surface area contributed by atoms with Crippen LogP contribution >= 0.6 is 0 Å². The van der Waals surface area contributed by atoms with Gasteiger partial charge in [-0.05, 0) is 75.0 Å². The van der Waals surface area contributed by atoms with Gasteiger partial charge in [0.1, 0.15) is 5.67 Å². The van der Waals surface area contributed by atoms with Crippen molar-refractivity contribution in [3.63, 3.8) is 0 Å². The zero-order chi connectivity index (χ0) is 15.6. The Hall–Kier alpha value is -0.590. The molecule has 0 nitrogen and oxygen atoms in total. The maximum atomic E-state index is 16.5. The van der Waals surface area contributed by atoms with Crippen molar-refractivity contribution >= 4 is 0 Å². The van der Waals surface area contributed by atoms with E-state index in [0.717, 1.165) is 38.0 Å². The van der Waals surface area contributed by atoms with E-state index in [1.807, 2.05) is 0 Å². The Morgan fingerprint density at radius 2 is 1.95 bits per heavy atom. The first kappa shape index (κ1) is 15.0. The van der Waals surface area contributed by atoms with Crippen molar-refractivity contribution in [1.29, 1.82) is 0 Å². The number of allylic oxidation sites excluding steroid dienone is 4. The van der Waals surface area contributed by atoms with E-state index in [9.17, 15) is 0 Å². The van der Waals surface area contributed by atoms with Crippen LogP contribution < -0.4 is 0 Å². The predicted octanol–water partition coefficient (Wildman–Crippen LogP) is 6.23. The molecular formula is C21H31F. The summed E-state index contributed by atoms with van der Waals surface area (Å²) in [6, 6.07) is 0. The van der Waals surface area contributed by atoms with E-state index in [2.05, 4.69) is 39.0 Å². The second-order valence-electron chi connectivity index (χ2n) is 8.87. The summed E-state index contributed by atoms with van der Waals surface area (Å²) in [5.74, 6) is 1.73. The molecule has 122 valence electrons. The molecule has 0 aromatic rings. The topological polar surface area (TPSA) is 0 Å². The molecule has 0 amide bonds. The Bertz CT molecular complexity index is 532. The lowest BCUT2D eigenvalue weighted by Crippen LogP contribution is -2.59. The summed E-state index contributed by atoms with van der Waals surface area (Å²) in [6.45, 7) is 7.01. The Kier molecular flexibility index (Phi) is 3.20. The van der Waals surface area contributed by atoms with E-state index in [0.29, 0.717) is 11.3 Å². The van der Waals surface area contributed by atoms with Gasteiger partial charge in [0.25, 0.3) is 0 Å². The van der Waals surface area contributed by atoms with Crippen molar-refractivity contribution in [3.05, 3.63) is 23.8 Å². The Morgan fingerprint density at radius 3 is 2.73 bits per heavy atom. The third-order valence-electron chi connectivity index (χ3n) is 8.41. The van der Waals surface area contributed by atoms with Crippen LogP contribution in [0.15, 0.2) is 23.8 Å². The Labute approximate surface area is 135 Å². The average molecular weight is 302 g/mol. The van der Waals surface area contributed by atoms with Gasteiger partial charge in [-0.15, -0.1) is 0 Å². The van der Waals surface area contributed by atoms with Gasteiger partial charge in [0.05, 0.1) is 0 Å². The molecule has 1 heteroatoms. The lowest BCUT2D eigenvalue weighted by Gasteiger charge is -2.60. The highest BCUT2D eigenvalue weighted by atomic mass is 19.1. The van der Waals surface area contributed by atoms with Crippen LogP contribution in [0.2, 0.25) is 0 Å². The molecule has 0 heterocycles. The third kappa shape index (κ3) is 1.64. The van der Waals surface area contributed by atoms with Gasteiger partial charge in [0.15, 0.2) is 0 Å². The van der Waals surface area contributed by atoms with Crippen molar-refractivity contribution in [1.82, 2.24) is 0 Å². The van der Waals surface area contributed by atoms with Crippen molar-refractivity contribution in [2.45, 2.75) is 77.8 Å². The van der Waals surface area contributed by atoms with Crippen molar-refractivity contribution in [2.75, 3.05) is 0 Å². The van der Waals surface area contributed by atoms with Crippen LogP contribution in [0.5, 0.6) is 0 Å². The van der Waals surface area contributed by atoms with E-state index in [-0.39, 0.29) is 11.3 Å². The summed E-state index contributed by atoms with van der Waals surface area (Å²) in [6.07, 6.45) is 15.7. The molecule has 0 saturated heterocycles. The second kappa shape index (κ2) is 4.71. The minimum Gasteiger partial charge on any atom is -0.242 e. The molecule has 3 saturated carbocycles. The van der Waals surface area contributed by atoms with Crippen LogP contribution in [0.1, 0.15) is 72.1 Å². The highest BCUT2D eigenvalue weighted by Crippen LogP contribution is 2.69. The number of hydrogen-bond acceptors (Lipinski definition) is 0. The number of hydrogen-bond donors (Lipinski definition) is 0. The zero-order valence-corrected chi connectivity index (χ0v) is 14.5. The van der Waals surface area contributed by atoms with E-state index in [1.54, 1.807) is 0 Å². The SMILES string of the molecule is CC[C@H]1CC[C@H]2[C@@H]3CCC4=CCC=C[C@]4(C)[C@@]3(F)CC[C@]12C. The fourth-order valence-corrected chi connectivity index (χ4v) is 7.01. The molecule has 0 bridgehead atoms. The second-order valence-corrected chi connectivity index (χ2v) is 8.87. The molecule has 6 atom stereocenters. The fourth-order valence-electron chi connectivity index (χ4n) is 7.01. The van der Waals surface area contributed by atoms with Crippen molar-refractivity contribution in [3.8, 4) is 0 Å². The first-order valence-electron chi connectivity index (χ1n) is 9.52. The lowest BCUT2D eigenvalue weighted by molar-refractivity contribution is -0.126. The van der Waals surface area contributed by atoms with Crippen LogP contribution in [0.4, 0.5) is 4.39 Å². The summed E-state index contributed by atoms with van der Waals surface area (Å²) in [5.41, 5.74) is 0.480. The molecule has 0 aromatic carbocycles. The monoisotopic (exact) mass is 302 g/mol. The fraction of sp³-hybridized carbons (Fsp3) is 0.810. The van der Waals surface area contributed by atoms with Gasteiger partial charge in [-0.1, -0.05) is 44.1 Å². The maximum absolute atomic E-state index is 16.5. The van der Waals surface area contributed by atoms with Gasteiger partial charge in [-0.3, -0.25) is 0 Å². The van der Waals surface area contributed by atoms with Crippen LogP contribution in [0.25, 0.3) is 0 Å². The van der Waals surface area contributed by atoms with Gasteiger partial charge < -0.3 is 0 Å². The smallest absolute Gasteiger partial charge is 0.126 e. The zero-order valence-electron chi connectivity index (χ0n) is 14.5. The van der Waals surface area contributed by atoms with E-state index >= 15 is 4.39 Å². The van der Waals surface area contributed by atoms with Gasteiger partial charge >= 0.3 is 0 Å². The van der Waals surface area contributed by atoms with Crippen molar-refractivity contribution < 1.29 is 4.39 Å². The minimum absolute atomic E-state index is 0.285. The van der Waals surface area contributed by atoms with E-state index < -0.39 is 5.67 Å². The van der Waals surface area contributed by atoms with Crippen LogP contribution in [-0.2, 0) is 0 Å². The first-order chi connectivity index (χ1) is 10.5. The molecule has 4 rings (SSSR count). The molecule has 4 aliphatic rings. The quantitative estimate of drug-likeness (QED) is 0.503. The molecule has 0 N–H and O–H groups in total. The highest BCUT2D eigenvalue weighted by molar-refractivity contribution is 5.36. The van der Waals surface area contributed by atoms with Gasteiger partial charge in [-0.25, -0.2) is 4.39 Å². The molecule has 0 radical (unpaired) electrons. The molecule has 0 aromatic heterocycles. The van der Waals surface area contributed by atoms with Crippen LogP contribution in [-0.4, -0.2) is 5.67 Å². The Morgan fingerprint density at radius 1 is 1.14 bits per heavy atom. The molecule has 4 aliphatic carbocycles. The number of rotatable bonds is 1. The third-order valence-corrected chi connectivity index (χ3v) is 8.41.